The number of nitrogen functional groups attached to an aromatic ring is 1. The first-order valence-corrected chi connectivity index (χ1v) is 15.3. The van der Waals surface area contributed by atoms with Gasteiger partial charge in [0.05, 0.1) is 22.8 Å². The Bertz CT molecular complexity index is 1800. The van der Waals surface area contributed by atoms with Crippen molar-refractivity contribution in [1.82, 2.24) is 10.2 Å². The van der Waals surface area contributed by atoms with Crippen molar-refractivity contribution in [2.45, 2.75) is 85.5 Å². The topological polar surface area (TPSA) is 103 Å². The number of piperidine rings is 1. The van der Waals surface area contributed by atoms with Gasteiger partial charge in [-0.3, -0.25) is 15.0 Å². The molecule has 0 aliphatic carbocycles. The van der Waals surface area contributed by atoms with Crippen LogP contribution < -0.4 is 20.5 Å². The van der Waals surface area contributed by atoms with Gasteiger partial charge >= 0.3 is 5.69 Å². The lowest BCUT2D eigenvalue weighted by Crippen LogP contribution is -2.28. The van der Waals surface area contributed by atoms with E-state index in [9.17, 15) is 10.1 Å². The molecule has 5 rings (SSSR count). The maximum absolute atomic E-state index is 11.5. The summed E-state index contributed by atoms with van der Waals surface area (Å²) in [7, 11) is 0. The number of hydrogen-bond acceptors (Lipinski definition) is 7. The molecule has 3 aromatic rings. The number of aryl methyl sites for hydroxylation is 2. The van der Waals surface area contributed by atoms with Crippen LogP contribution in [0.1, 0.15) is 91.7 Å². The Morgan fingerprint density at radius 3 is 2.29 bits per heavy atom. The third-order valence-corrected chi connectivity index (χ3v) is 7.32. The highest BCUT2D eigenvalue weighted by Crippen LogP contribution is 2.36. The fourth-order valence-corrected chi connectivity index (χ4v) is 5.21. The van der Waals surface area contributed by atoms with E-state index in [-0.39, 0.29) is 55.4 Å². The van der Waals surface area contributed by atoms with Gasteiger partial charge in [0.2, 0.25) is 0 Å². The maximum atomic E-state index is 11.5. The Morgan fingerprint density at radius 2 is 1.67 bits per heavy atom. The first-order chi connectivity index (χ1) is 24.4. The van der Waals surface area contributed by atoms with Crippen LogP contribution in [0.3, 0.4) is 0 Å². The molecule has 3 aromatic carbocycles. The van der Waals surface area contributed by atoms with E-state index in [1.807, 2.05) is 63.2 Å². The quantitative estimate of drug-likeness (QED) is 0.143. The van der Waals surface area contributed by atoms with Gasteiger partial charge in [-0.2, -0.15) is 0 Å². The van der Waals surface area contributed by atoms with Gasteiger partial charge < -0.3 is 20.5 Å². The molecule has 0 saturated carbocycles. The first-order valence-electron chi connectivity index (χ1n) is 19.3. The van der Waals surface area contributed by atoms with Crippen LogP contribution in [-0.2, 0) is 6.54 Å². The van der Waals surface area contributed by atoms with Gasteiger partial charge in [0.25, 0.3) is 0 Å². The van der Waals surface area contributed by atoms with Crippen molar-refractivity contribution in [3.63, 3.8) is 0 Å². The van der Waals surface area contributed by atoms with Gasteiger partial charge in [0, 0.05) is 36.6 Å². The zero-order chi connectivity index (χ0) is 39.7. The Labute approximate surface area is 280 Å². The Kier molecular flexibility index (Phi) is 8.61. The summed E-state index contributed by atoms with van der Waals surface area (Å²) in [6.45, 7) is 3.61. The van der Waals surface area contributed by atoms with Gasteiger partial charge in [0.15, 0.2) is 5.75 Å². The summed E-state index contributed by atoms with van der Waals surface area (Å²) in [6.07, 6.45) is 1.50. The monoisotopic (exact) mass is 622 g/mol. The minimum absolute atomic E-state index is 0.0104. The zero-order valence-corrected chi connectivity index (χ0v) is 26.9. The lowest BCUT2D eigenvalue weighted by Gasteiger charge is -2.27. The molecular weight excluding hydrogens is 564 g/mol. The van der Waals surface area contributed by atoms with Crippen LogP contribution >= 0.6 is 0 Å². The number of hydrogen-bond donors (Lipinski definition) is 2. The van der Waals surface area contributed by atoms with Crippen LogP contribution in [0.2, 0.25) is 0 Å². The van der Waals surface area contributed by atoms with Gasteiger partial charge in [-0.25, -0.2) is 0 Å². The number of benzene rings is 3. The summed E-state index contributed by atoms with van der Waals surface area (Å²) >= 11 is 0. The lowest BCUT2D eigenvalue weighted by molar-refractivity contribution is -0.386. The van der Waals surface area contributed by atoms with E-state index in [0.717, 1.165) is 16.7 Å². The number of nitrogens with two attached hydrogens (primary N) is 1. The van der Waals surface area contributed by atoms with Crippen LogP contribution in [0, 0.1) is 24.0 Å². The van der Waals surface area contributed by atoms with Crippen molar-refractivity contribution in [3.05, 3.63) is 98.6 Å². The zero-order valence-electron chi connectivity index (χ0n) is 34.9. The molecule has 1 fully saturated rings. The number of nitro groups is 1. The summed E-state index contributed by atoms with van der Waals surface area (Å²) in [5.74, 6) is 0.450. The predicted molar refractivity (Wildman–Crippen MR) is 184 cm³/mol. The summed E-state index contributed by atoms with van der Waals surface area (Å²) in [6, 6.07) is 15.8. The van der Waals surface area contributed by atoms with E-state index in [1.54, 1.807) is 20.8 Å². The molecule has 0 amide bonds. The molecule has 8 heteroatoms. The van der Waals surface area contributed by atoms with Gasteiger partial charge in [-0.15, -0.1) is 0 Å². The Hall–Kier alpha value is -3.88. The largest absolute Gasteiger partial charge is 0.489 e. The summed E-state index contributed by atoms with van der Waals surface area (Å²) in [4.78, 5) is 12.1. The number of nitrogens with zero attached hydrogens (tertiary/aromatic N) is 2. The highest BCUT2D eigenvalue weighted by atomic mass is 16.6. The second-order valence-electron chi connectivity index (χ2n) is 11.8. The number of rotatable bonds is 9. The van der Waals surface area contributed by atoms with E-state index >= 15 is 0 Å². The SMILES string of the molecule is [2H]C1([2H])C=C(c2cc(OC(C)C)c([N+](=O)[O-])cc2C)CC([2H])([2H])N1Cc1ccccc1.[2H]C1([2H])CC(c2cc(OC(C)C)c(N)cc2C)CC([2H])([2H])N1. The Morgan fingerprint density at radius 1 is 1.00 bits per heavy atom. The number of nitro benzene ring substituents is 1. The molecule has 45 heavy (non-hydrogen) atoms. The van der Waals surface area contributed by atoms with Crippen LogP contribution in [0.4, 0.5) is 11.4 Å². The molecule has 3 N–H and O–H groups in total. The lowest BCUT2D eigenvalue weighted by atomic mass is 9.87. The normalized spacial score (nSPS) is 22.9. The standard InChI is InChI=1S/C22H26N2O3.C15H24N2O/c1-16(2)27-22-14-20(17(3)13-21(22)24(25)26)19-9-11-23(12-10-19)15-18-7-5-4-6-8-18;1-10(2)18-15-9-13(11(3)8-14(15)16)12-4-6-17-7-5-12/h4-9,13-14,16H,10-12,15H2,1-3H3;8-10,12,17H,4-7,16H2,1-3H3/i11D2,12D2;6D2,7D2. The summed E-state index contributed by atoms with van der Waals surface area (Å²) in [5, 5.41) is 13.9. The van der Waals surface area contributed by atoms with E-state index in [4.69, 9.17) is 26.2 Å². The third kappa shape index (κ3) is 9.55. The van der Waals surface area contributed by atoms with Crippen LogP contribution in [0.15, 0.2) is 60.7 Å². The number of anilines is 1. The number of ether oxygens (including phenoxy) is 2. The molecule has 1 saturated heterocycles. The van der Waals surface area contributed by atoms with Crippen molar-refractivity contribution < 1.29 is 25.4 Å². The van der Waals surface area contributed by atoms with E-state index < -0.39 is 30.9 Å². The molecule has 2 heterocycles. The molecule has 0 radical (unpaired) electrons. The van der Waals surface area contributed by atoms with E-state index in [1.165, 1.54) is 23.1 Å². The molecule has 2 aliphatic rings. The predicted octanol–water partition coefficient (Wildman–Crippen LogP) is 7.81. The van der Waals surface area contributed by atoms with Crippen LogP contribution in [-0.4, -0.2) is 48.0 Å². The molecule has 0 atom stereocenters. The number of nitrogens with one attached hydrogen (secondary N) is 1. The third-order valence-electron chi connectivity index (χ3n) is 7.32. The Balaban J connectivity index is 0.000000251. The highest BCUT2D eigenvalue weighted by Gasteiger charge is 2.22. The van der Waals surface area contributed by atoms with Crippen LogP contribution in [0.5, 0.6) is 11.5 Å². The van der Waals surface area contributed by atoms with Crippen molar-refractivity contribution >= 4 is 16.9 Å². The van der Waals surface area contributed by atoms with Crippen LogP contribution in [0.25, 0.3) is 5.57 Å². The van der Waals surface area contributed by atoms with Crippen molar-refractivity contribution in [3.8, 4) is 11.5 Å². The fraction of sp³-hybridized carbons (Fsp3) is 0.459. The summed E-state index contributed by atoms with van der Waals surface area (Å²) in [5.41, 5.74) is 10.6. The first kappa shape index (κ1) is 24.4. The second-order valence-corrected chi connectivity index (χ2v) is 11.8. The highest BCUT2D eigenvalue weighted by molar-refractivity contribution is 5.72. The van der Waals surface area contributed by atoms with E-state index in [2.05, 4.69) is 5.32 Å². The minimum Gasteiger partial charge on any atom is -0.489 e. The van der Waals surface area contributed by atoms with Crippen molar-refractivity contribution in [2.75, 3.05) is 31.7 Å². The van der Waals surface area contributed by atoms with Crippen molar-refractivity contribution in [2.24, 2.45) is 0 Å². The van der Waals surface area contributed by atoms with E-state index in [0.29, 0.717) is 28.1 Å². The summed E-state index contributed by atoms with van der Waals surface area (Å²) < 4.78 is 77.2. The molecule has 2 aliphatic heterocycles. The van der Waals surface area contributed by atoms with Gasteiger partial charge in [-0.05, 0) is 131 Å². The molecule has 0 unspecified atom stereocenters. The molecule has 0 aromatic heterocycles. The average Bonchev–Trinajstić information content (AvgIpc) is 2.99. The smallest absolute Gasteiger partial charge is 0.311 e. The molecule has 0 spiro atoms. The molecule has 242 valence electrons. The van der Waals surface area contributed by atoms with Gasteiger partial charge in [-0.1, -0.05) is 36.4 Å². The maximum Gasteiger partial charge on any atom is 0.311 e. The molecular formula is C37H50N4O4. The second kappa shape index (κ2) is 15.9. The fourth-order valence-electron chi connectivity index (χ4n) is 5.21. The average molecular weight is 623 g/mol. The molecule has 0 bridgehead atoms. The minimum atomic E-state index is -2.06. The molecule has 8 nitrogen and oxygen atoms in total. The van der Waals surface area contributed by atoms with Crippen molar-refractivity contribution in [1.29, 1.82) is 0 Å². The van der Waals surface area contributed by atoms with Gasteiger partial charge in [0.1, 0.15) is 5.75 Å².